The van der Waals surface area contributed by atoms with Crippen LogP contribution in [0.4, 0.5) is 19.0 Å². The van der Waals surface area contributed by atoms with E-state index in [1.54, 1.807) is 6.20 Å². The molecule has 0 bridgehead atoms. The molecule has 0 aliphatic heterocycles. The molecule has 1 aromatic heterocycles. The van der Waals surface area contributed by atoms with E-state index in [9.17, 15) is 22.8 Å². The Bertz CT molecular complexity index is 571. The highest BCUT2D eigenvalue weighted by molar-refractivity contribution is 5.91. The molecule has 2 unspecified atom stereocenters. The Morgan fingerprint density at radius 3 is 2.78 bits per heavy atom. The van der Waals surface area contributed by atoms with E-state index in [0.29, 0.717) is 12.8 Å². The molecule has 9 heteroatoms. The Kier molecular flexibility index (Phi) is 5.27. The summed E-state index contributed by atoms with van der Waals surface area (Å²) in [6.45, 7) is 0.283. The van der Waals surface area contributed by atoms with Crippen LogP contribution in [0.2, 0.25) is 0 Å². The molecule has 1 aliphatic carbocycles. The summed E-state index contributed by atoms with van der Waals surface area (Å²) in [5.74, 6) is -2.73. The normalized spacial score (nSPS) is 21.9. The van der Waals surface area contributed by atoms with Gasteiger partial charge in [0.15, 0.2) is 5.82 Å². The maximum Gasteiger partial charge on any atom is 0.391 e. The number of nitrogens with one attached hydrogen (secondary N) is 1. The fourth-order valence-electron chi connectivity index (χ4n) is 2.73. The lowest BCUT2D eigenvalue weighted by Crippen LogP contribution is -2.34. The molecule has 1 aliphatic rings. The number of nitrogens with zero attached hydrogens (tertiary/aromatic N) is 2. The van der Waals surface area contributed by atoms with Crippen molar-refractivity contribution in [2.75, 3.05) is 5.32 Å². The van der Waals surface area contributed by atoms with Crippen LogP contribution >= 0.6 is 0 Å². The van der Waals surface area contributed by atoms with E-state index in [4.69, 9.17) is 5.73 Å². The van der Waals surface area contributed by atoms with E-state index in [-0.39, 0.29) is 31.6 Å². The van der Waals surface area contributed by atoms with E-state index in [2.05, 4.69) is 10.4 Å². The molecule has 23 heavy (non-hydrogen) atoms. The van der Waals surface area contributed by atoms with Gasteiger partial charge in [0.2, 0.25) is 11.8 Å². The van der Waals surface area contributed by atoms with E-state index in [1.807, 2.05) is 0 Å². The Morgan fingerprint density at radius 1 is 1.39 bits per heavy atom. The summed E-state index contributed by atoms with van der Waals surface area (Å²) in [4.78, 5) is 22.8. The minimum atomic E-state index is -4.25. The second-order valence-corrected chi connectivity index (χ2v) is 5.77. The first-order valence-corrected chi connectivity index (χ1v) is 7.45. The second-order valence-electron chi connectivity index (χ2n) is 5.77. The molecule has 0 spiro atoms. The van der Waals surface area contributed by atoms with Crippen LogP contribution in [0, 0.1) is 11.8 Å². The van der Waals surface area contributed by atoms with Crippen molar-refractivity contribution in [2.45, 2.75) is 44.8 Å². The van der Waals surface area contributed by atoms with Gasteiger partial charge in [-0.05, 0) is 19.3 Å². The van der Waals surface area contributed by atoms with Gasteiger partial charge in [-0.1, -0.05) is 6.42 Å². The van der Waals surface area contributed by atoms with Crippen LogP contribution in [0.15, 0.2) is 12.3 Å². The van der Waals surface area contributed by atoms with Crippen LogP contribution in [0.5, 0.6) is 0 Å². The number of anilines is 1. The highest BCUT2D eigenvalue weighted by atomic mass is 19.4. The van der Waals surface area contributed by atoms with Crippen molar-refractivity contribution in [1.29, 1.82) is 0 Å². The monoisotopic (exact) mass is 332 g/mol. The predicted octanol–water partition coefficient (Wildman–Crippen LogP) is 2.07. The zero-order valence-corrected chi connectivity index (χ0v) is 12.5. The Morgan fingerprint density at radius 2 is 2.13 bits per heavy atom. The molecule has 1 heterocycles. The van der Waals surface area contributed by atoms with Crippen molar-refractivity contribution < 1.29 is 22.8 Å². The van der Waals surface area contributed by atoms with Crippen LogP contribution < -0.4 is 11.1 Å². The number of primary amides is 1. The Balaban J connectivity index is 1.90. The molecule has 2 atom stereocenters. The average molecular weight is 332 g/mol. The summed E-state index contributed by atoms with van der Waals surface area (Å²) in [6.07, 6.45) is -1.85. The molecule has 0 saturated heterocycles. The van der Waals surface area contributed by atoms with Crippen molar-refractivity contribution in [2.24, 2.45) is 17.6 Å². The van der Waals surface area contributed by atoms with Gasteiger partial charge in [-0.25, -0.2) is 0 Å². The third-order valence-electron chi connectivity index (χ3n) is 3.99. The van der Waals surface area contributed by atoms with Crippen LogP contribution in [0.25, 0.3) is 0 Å². The van der Waals surface area contributed by atoms with Crippen LogP contribution in [-0.4, -0.2) is 27.8 Å². The smallest absolute Gasteiger partial charge is 0.370 e. The van der Waals surface area contributed by atoms with Crippen molar-refractivity contribution in [3.63, 3.8) is 0 Å². The molecule has 128 valence electrons. The van der Waals surface area contributed by atoms with Gasteiger partial charge < -0.3 is 11.1 Å². The number of alkyl halides is 3. The first-order chi connectivity index (χ1) is 10.8. The molecule has 6 nitrogen and oxygen atoms in total. The van der Waals surface area contributed by atoms with Gasteiger partial charge in [0.25, 0.3) is 0 Å². The van der Waals surface area contributed by atoms with Crippen LogP contribution in [0.1, 0.15) is 32.1 Å². The molecule has 2 amide bonds. The van der Waals surface area contributed by atoms with E-state index in [1.165, 1.54) is 10.7 Å². The third kappa shape index (κ3) is 4.97. The first kappa shape index (κ1) is 17.3. The van der Waals surface area contributed by atoms with E-state index < -0.39 is 29.8 Å². The number of aryl methyl sites for hydroxylation is 1. The van der Waals surface area contributed by atoms with Gasteiger partial charge in [0.05, 0.1) is 5.92 Å². The van der Waals surface area contributed by atoms with Gasteiger partial charge in [0.1, 0.15) is 0 Å². The minimum Gasteiger partial charge on any atom is -0.370 e. The van der Waals surface area contributed by atoms with Crippen molar-refractivity contribution in [1.82, 2.24) is 9.78 Å². The fraction of sp³-hybridized carbons (Fsp3) is 0.643. The summed E-state index contributed by atoms with van der Waals surface area (Å²) < 4.78 is 39.8. The summed E-state index contributed by atoms with van der Waals surface area (Å²) >= 11 is 0. The minimum absolute atomic E-state index is 0.0784. The maximum absolute atomic E-state index is 12.8. The summed E-state index contributed by atoms with van der Waals surface area (Å²) in [5.41, 5.74) is 5.03. The van der Waals surface area contributed by atoms with Crippen LogP contribution in [0.3, 0.4) is 0 Å². The van der Waals surface area contributed by atoms with Gasteiger partial charge in [-0.3, -0.25) is 14.3 Å². The SMILES string of the molecule is NC(=O)CCn1ccc(NC(=O)C2CCCC(C(F)(F)F)C2)n1. The molecule has 2 rings (SSSR count). The summed E-state index contributed by atoms with van der Waals surface area (Å²) in [7, 11) is 0. The van der Waals surface area contributed by atoms with Gasteiger partial charge in [-0.15, -0.1) is 0 Å². The standard InChI is InChI=1S/C14H19F3N4O2/c15-14(16,17)10-3-1-2-9(8-10)13(23)19-12-5-7-21(20-12)6-4-11(18)22/h5,7,9-10H,1-4,6,8H2,(H2,18,22)(H,19,20,23). The zero-order valence-electron chi connectivity index (χ0n) is 12.5. The topological polar surface area (TPSA) is 90.0 Å². The number of aromatic nitrogens is 2. The highest BCUT2D eigenvalue weighted by Gasteiger charge is 2.43. The third-order valence-corrected chi connectivity index (χ3v) is 3.99. The maximum atomic E-state index is 12.8. The number of hydrogen-bond donors (Lipinski definition) is 2. The van der Waals surface area contributed by atoms with Crippen LogP contribution in [-0.2, 0) is 16.1 Å². The van der Waals surface area contributed by atoms with Crippen molar-refractivity contribution in [3.05, 3.63) is 12.3 Å². The summed E-state index contributed by atoms with van der Waals surface area (Å²) in [6, 6.07) is 1.53. The van der Waals surface area contributed by atoms with Gasteiger partial charge >= 0.3 is 6.18 Å². The number of carbonyl (C=O) groups is 2. The predicted molar refractivity (Wildman–Crippen MR) is 76.2 cm³/mol. The van der Waals surface area contributed by atoms with E-state index in [0.717, 1.165) is 0 Å². The Hall–Kier alpha value is -2.06. The number of carbonyl (C=O) groups excluding carboxylic acids is 2. The van der Waals surface area contributed by atoms with Crippen molar-refractivity contribution in [3.8, 4) is 0 Å². The fourth-order valence-corrected chi connectivity index (χ4v) is 2.73. The number of halogens is 3. The number of nitrogens with two attached hydrogens (primary N) is 1. The largest absolute Gasteiger partial charge is 0.391 e. The van der Waals surface area contributed by atoms with Gasteiger partial charge in [-0.2, -0.15) is 18.3 Å². The molecule has 0 radical (unpaired) electrons. The summed E-state index contributed by atoms with van der Waals surface area (Å²) in [5, 5.41) is 6.58. The molecule has 1 aromatic rings. The quantitative estimate of drug-likeness (QED) is 0.865. The Labute approximate surface area is 131 Å². The van der Waals surface area contributed by atoms with Crippen molar-refractivity contribution >= 4 is 17.6 Å². The lowest BCUT2D eigenvalue weighted by molar-refractivity contribution is -0.185. The number of hydrogen-bond acceptors (Lipinski definition) is 3. The molecule has 1 fully saturated rings. The van der Waals surface area contributed by atoms with E-state index >= 15 is 0 Å². The average Bonchev–Trinajstić information content (AvgIpc) is 2.92. The molecular weight excluding hydrogens is 313 g/mol. The number of amides is 2. The molecule has 0 aromatic carbocycles. The lowest BCUT2D eigenvalue weighted by Gasteiger charge is -2.29. The molecule has 3 N–H and O–H groups in total. The molecular formula is C14H19F3N4O2. The highest BCUT2D eigenvalue weighted by Crippen LogP contribution is 2.40. The van der Waals surface area contributed by atoms with Gasteiger partial charge in [0, 0.05) is 31.1 Å². The lowest BCUT2D eigenvalue weighted by atomic mass is 9.80. The number of rotatable bonds is 5. The second kappa shape index (κ2) is 7.01. The zero-order chi connectivity index (χ0) is 17.0. The first-order valence-electron chi connectivity index (χ1n) is 7.45. The molecule has 1 saturated carbocycles.